The van der Waals surface area contributed by atoms with Crippen molar-refractivity contribution in [2.45, 2.75) is 38.8 Å². The molecular weight excluding hydrogens is 360 g/mol. The van der Waals surface area contributed by atoms with Crippen molar-refractivity contribution < 1.29 is 9.53 Å². The molecule has 27 heavy (non-hydrogen) atoms. The molecule has 1 aliphatic heterocycles. The highest BCUT2D eigenvalue weighted by molar-refractivity contribution is 5.85. The van der Waals surface area contributed by atoms with Crippen LogP contribution >= 0.6 is 12.4 Å². The van der Waals surface area contributed by atoms with Crippen molar-refractivity contribution in [2.24, 2.45) is 5.92 Å². The molecule has 2 aromatic carbocycles. The first kappa shape index (κ1) is 21.3. The molecule has 1 saturated heterocycles. The minimum atomic E-state index is 0. The maximum atomic E-state index is 12.0. The molecule has 0 unspecified atom stereocenters. The van der Waals surface area contributed by atoms with Crippen molar-refractivity contribution in [1.29, 1.82) is 0 Å². The molecule has 0 spiro atoms. The van der Waals surface area contributed by atoms with Gasteiger partial charge in [-0.2, -0.15) is 0 Å². The van der Waals surface area contributed by atoms with Crippen LogP contribution in [-0.2, 0) is 17.9 Å². The Balaban J connectivity index is 0.00000261. The SMILES string of the molecule is Cl.O=C(CCC1CCNCC1)NCc1ccc(OCc2ccccc2)cc1. The maximum absolute atomic E-state index is 12.0. The first-order valence-electron chi connectivity index (χ1n) is 9.53. The fourth-order valence-electron chi connectivity index (χ4n) is 3.24. The van der Waals surface area contributed by atoms with Crippen LogP contribution in [-0.4, -0.2) is 19.0 Å². The molecular formula is C22H29ClN2O2. The van der Waals surface area contributed by atoms with Gasteiger partial charge in [-0.15, -0.1) is 12.4 Å². The first-order valence-corrected chi connectivity index (χ1v) is 9.53. The van der Waals surface area contributed by atoms with Crippen LogP contribution < -0.4 is 15.4 Å². The minimum Gasteiger partial charge on any atom is -0.489 e. The van der Waals surface area contributed by atoms with Crippen LogP contribution in [0.1, 0.15) is 36.8 Å². The van der Waals surface area contributed by atoms with Crippen LogP contribution in [0.4, 0.5) is 0 Å². The normalized spacial score (nSPS) is 14.2. The number of benzene rings is 2. The second-order valence-corrected chi connectivity index (χ2v) is 6.93. The van der Waals surface area contributed by atoms with E-state index in [0.29, 0.717) is 25.5 Å². The summed E-state index contributed by atoms with van der Waals surface area (Å²) in [5, 5.41) is 6.38. The number of carbonyl (C=O) groups is 1. The van der Waals surface area contributed by atoms with Crippen molar-refractivity contribution in [3.05, 3.63) is 65.7 Å². The minimum absolute atomic E-state index is 0. The van der Waals surface area contributed by atoms with E-state index in [1.807, 2.05) is 54.6 Å². The van der Waals surface area contributed by atoms with Gasteiger partial charge in [0.2, 0.25) is 5.91 Å². The summed E-state index contributed by atoms with van der Waals surface area (Å²) in [5.41, 5.74) is 2.24. The molecule has 2 aromatic rings. The average molecular weight is 389 g/mol. The van der Waals surface area contributed by atoms with E-state index in [1.54, 1.807) is 0 Å². The standard InChI is InChI=1S/C22H28N2O2.ClH/c25-22(11-8-18-12-14-23-15-13-18)24-16-19-6-9-21(10-7-19)26-17-20-4-2-1-3-5-20;/h1-7,9-10,18,23H,8,11-17H2,(H,24,25);1H. The second-order valence-electron chi connectivity index (χ2n) is 6.93. The van der Waals surface area contributed by atoms with E-state index >= 15 is 0 Å². The fraction of sp³-hybridized carbons (Fsp3) is 0.409. The predicted molar refractivity (Wildman–Crippen MR) is 111 cm³/mol. The summed E-state index contributed by atoms with van der Waals surface area (Å²) < 4.78 is 5.79. The van der Waals surface area contributed by atoms with Gasteiger partial charge in [0.15, 0.2) is 0 Å². The average Bonchev–Trinajstić information content (AvgIpc) is 2.71. The molecule has 0 aliphatic carbocycles. The number of amides is 1. The van der Waals surface area contributed by atoms with Gasteiger partial charge in [0.25, 0.3) is 0 Å². The van der Waals surface area contributed by atoms with Gasteiger partial charge in [-0.25, -0.2) is 0 Å². The Morgan fingerprint density at radius 1 is 1.00 bits per heavy atom. The third-order valence-corrected chi connectivity index (χ3v) is 4.90. The number of hydrogen-bond acceptors (Lipinski definition) is 3. The van der Waals surface area contributed by atoms with E-state index in [4.69, 9.17) is 4.74 Å². The molecule has 0 bridgehead atoms. The summed E-state index contributed by atoms with van der Waals surface area (Å²) in [7, 11) is 0. The second kappa shape index (κ2) is 11.6. The van der Waals surface area contributed by atoms with E-state index in [-0.39, 0.29) is 18.3 Å². The molecule has 1 amide bonds. The van der Waals surface area contributed by atoms with Gasteiger partial charge in [-0.3, -0.25) is 4.79 Å². The topological polar surface area (TPSA) is 50.4 Å². The van der Waals surface area contributed by atoms with Gasteiger partial charge < -0.3 is 15.4 Å². The molecule has 1 fully saturated rings. The quantitative estimate of drug-likeness (QED) is 0.716. The summed E-state index contributed by atoms with van der Waals surface area (Å²) in [6.07, 6.45) is 4.01. The molecule has 0 aromatic heterocycles. The molecule has 4 nitrogen and oxygen atoms in total. The lowest BCUT2D eigenvalue weighted by molar-refractivity contribution is -0.121. The van der Waals surface area contributed by atoms with E-state index in [9.17, 15) is 4.79 Å². The van der Waals surface area contributed by atoms with Crippen LogP contribution in [0.2, 0.25) is 0 Å². The third-order valence-electron chi connectivity index (χ3n) is 4.90. The van der Waals surface area contributed by atoms with Gasteiger partial charge in [-0.1, -0.05) is 42.5 Å². The Kier molecular flexibility index (Phi) is 9.16. The van der Waals surface area contributed by atoms with Crippen molar-refractivity contribution in [3.8, 4) is 5.75 Å². The predicted octanol–water partition coefficient (Wildman–Crippen LogP) is 4.08. The molecule has 3 rings (SSSR count). The lowest BCUT2D eigenvalue weighted by Crippen LogP contribution is -2.29. The Morgan fingerprint density at radius 2 is 1.70 bits per heavy atom. The van der Waals surface area contributed by atoms with E-state index in [1.165, 1.54) is 12.8 Å². The van der Waals surface area contributed by atoms with Crippen molar-refractivity contribution in [1.82, 2.24) is 10.6 Å². The molecule has 5 heteroatoms. The smallest absolute Gasteiger partial charge is 0.220 e. The molecule has 0 radical (unpaired) electrons. The van der Waals surface area contributed by atoms with Crippen LogP contribution in [0.5, 0.6) is 5.75 Å². The van der Waals surface area contributed by atoms with Crippen molar-refractivity contribution in [3.63, 3.8) is 0 Å². The van der Waals surface area contributed by atoms with Crippen LogP contribution in [0.3, 0.4) is 0 Å². The number of hydrogen-bond donors (Lipinski definition) is 2. The zero-order valence-corrected chi connectivity index (χ0v) is 16.5. The van der Waals surface area contributed by atoms with Crippen LogP contribution in [0.15, 0.2) is 54.6 Å². The Labute approximate surface area is 168 Å². The van der Waals surface area contributed by atoms with Gasteiger partial charge in [0.05, 0.1) is 0 Å². The highest BCUT2D eigenvalue weighted by atomic mass is 35.5. The molecule has 1 aliphatic rings. The summed E-state index contributed by atoms with van der Waals surface area (Å²) in [6.45, 7) is 3.31. The summed E-state index contributed by atoms with van der Waals surface area (Å²) in [5.74, 6) is 1.69. The van der Waals surface area contributed by atoms with Gasteiger partial charge in [0, 0.05) is 13.0 Å². The lowest BCUT2D eigenvalue weighted by Gasteiger charge is -2.22. The Hall–Kier alpha value is -2.04. The number of rotatable bonds is 8. The lowest BCUT2D eigenvalue weighted by atomic mass is 9.93. The largest absolute Gasteiger partial charge is 0.489 e. The van der Waals surface area contributed by atoms with Crippen molar-refractivity contribution in [2.75, 3.05) is 13.1 Å². The first-order chi connectivity index (χ1) is 12.8. The Morgan fingerprint density at radius 3 is 2.41 bits per heavy atom. The summed E-state index contributed by atoms with van der Waals surface area (Å²) in [4.78, 5) is 12.0. The van der Waals surface area contributed by atoms with Gasteiger partial charge in [-0.05, 0) is 61.5 Å². The summed E-state index contributed by atoms with van der Waals surface area (Å²) >= 11 is 0. The third kappa shape index (κ3) is 7.61. The Bertz CT molecular complexity index is 670. The zero-order valence-electron chi connectivity index (χ0n) is 15.7. The van der Waals surface area contributed by atoms with Crippen molar-refractivity contribution >= 4 is 18.3 Å². The van der Waals surface area contributed by atoms with E-state index in [2.05, 4.69) is 10.6 Å². The molecule has 0 atom stereocenters. The molecule has 1 heterocycles. The molecule has 0 saturated carbocycles. The highest BCUT2D eigenvalue weighted by Gasteiger charge is 2.14. The van der Waals surface area contributed by atoms with Gasteiger partial charge >= 0.3 is 0 Å². The zero-order chi connectivity index (χ0) is 18.0. The molecule has 2 N–H and O–H groups in total. The highest BCUT2D eigenvalue weighted by Crippen LogP contribution is 2.18. The monoisotopic (exact) mass is 388 g/mol. The summed E-state index contributed by atoms with van der Waals surface area (Å²) in [6, 6.07) is 18.0. The number of carbonyl (C=O) groups excluding carboxylic acids is 1. The van der Waals surface area contributed by atoms with Crippen LogP contribution in [0, 0.1) is 5.92 Å². The van der Waals surface area contributed by atoms with Gasteiger partial charge in [0.1, 0.15) is 12.4 Å². The fourth-order valence-corrected chi connectivity index (χ4v) is 3.24. The number of piperidine rings is 1. The van der Waals surface area contributed by atoms with Crippen LogP contribution in [0.25, 0.3) is 0 Å². The number of nitrogens with one attached hydrogen (secondary N) is 2. The van der Waals surface area contributed by atoms with E-state index < -0.39 is 0 Å². The maximum Gasteiger partial charge on any atom is 0.220 e. The number of ether oxygens (including phenoxy) is 1. The molecule has 146 valence electrons. The number of halogens is 1. The van der Waals surface area contributed by atoms with E-state index in [0.717, 1.165) is 36.4 Å².